The molecule has 0 heterocycles. The van der Waals surface area contributed by atoms with Crippen molar-refractivity contribution in [3.63, 3.8) is 0 Å². The van der Waals surface area contributed by atoms with Crippen LogP contribution in [-0.4, -0.2) is 8.07 Å². The quantitative estimate of drug-likeness (QED) is 0.422. The third-order valence-electron chi connectivity index (χ3n) is 2.38. The van der Waals surface area contributed by atoms with Gasteiger partial charge >= 0.3 is 0 Å². The van der Waals surface area contributed by atoms with Gasteiger partial charge in [0.25, 0.3) is 0 Å². The Morgan fingerprint density at radius 2 is 1.42 bits per heavy atom. The summed E-state index contributed by atoms with van der Waals surface area (Å²) in [5.41, 5.74) is 4.39. The van der Waals surface area contributed by atoms with Crippen LogP contribution in [-0.2, 0) is 0 Å². The minimum Gasteiger partial charge on any atom is -0.0958 e. The third-order valence-corrected chi connectivity index (χ3v) is 3.66. The summed E-state index contributed by atoms with van der Waals surface area (Å²) in [5, 5.41) is 0. The van der Waals surface area contributed by atoms with Gasteiger partial charge in [0, 0.05) is 0 Å². The van der Waals surface area contributed by atoms with Crippen molar-refractivity contribution in [3.8, 4) is 0 Å². The normalized spacial score (nSPS) is 20.4. The van der Waals surface area contributed by atoms with Gasteiger partial charge in [-0.25, -0.2) is 0 Å². The molecule has 1 saturated carbocycles. The molecule has 0 spiro atoms. The van der Waals surface area contributed by atoms with Crippen molar-refractivity contribution in [1.29, 1.82) is 0 Å². The van der Waals surface area contributed by atoms with Gasteiger partial charge in [-0.3, -0.25) is 0 Å². The van der Waals surface area contributed by atoms with Crippen molar-refractivity contribution in [2.75, 3.05) is 0 Å². The van der Waals surface area contributed by atoms with Gasteiger partial charge in [-0.2, -0.15) is 0 Å². The van der Waals surface area contributed by atoms with Gasteiger partial charge in [-0.1, -0.05) is 43.8 Å². The van der Waals surface area contributed by atoms with E-state index >= 15 is 0 Å². The minimum absolute atomic E-state index is 0.929. The lowest BCUT2D eigenvalue weighted by molar-refractivity contribution is 0.702. The summed E-state index contributed by atoms with van der Waals surface area (Å²) in [5.74, 6) is 0. The van der Waals surface area contributed by atoms with Crippen LogP contribution in [0.2, 0.25) is 19.6 Å². The Morgan fingerprint density at radius 3 is 1.83 bits per heavy atom. The highest BCUT2D eigenvalue weighted by Crippen LogP contribution is 2.23. The van der Waals surface area contributed by atoms with Crippen LogP contribution in [0.25, 0.3) is 0 Å². The van der Waals surface area contributed by atoms with E-state index in [2.05, 4.69) is 25.3 Å². The maximum absolute atomic E-state index is 2.62. The van der Waals surface area contributed by atoms with Crippen LogP contribution < -0.4 is 0 Å². The zero-order chi connectivity index (χ0) is 9.03. The minimum atomic E-state index is -0.929. The predicted octanol–water partition coefficient (Wildman–Crippen LogP) is 4.14. The van der Waals surface area contributed by atoms with E-state index in [0.717, 1.165) is 0 Å². The lowest BCUT2D eigenvalue weighted by Gasteiger charge is -2.13. The molecule has 0 saturated heterocycles. The highest BCUT2D eigenvalue weighted by Gasteiger charge is 2.12. The monoisotopic (exact) mass is 182 g/mol. The average molecular weight is 182 g/mol. The molecule has 12 heavy (non-hydrogen) atoms. The summed E-state index contributed by atoms with van der Waals surface area (Å²) in [4.78, 5) is 0. The van der Waals surface area contributed by atoms with E-state index in [1.807, 2.05) is 0 Å². The van der Waals surface area contributed by atoms with E-state index in [0.29, 0.717) is 0 Å². The van der Waals surface area contributed by atoms with Crippen LogP contribution in [0.3, 0.4) is 0 Å². The lowest BCUT2D eigenvalue weighted by atomic mass is 10.1. The molecule has 1 fully saturated rings. The second-order valence-electron chi connectivity index (χ2n) is 5.08. The molecule has 0 aromatic heterocycles. The molecule has 1 rings (SSSR count). The molecule has 0 radical (unpaired) electrons. The summed E-state index contributed by atoms with van der Waals surface area (Å²) in [7, 11) is -0.929. The molecule has 0 bridgehead atoms. The molecule has 0 aromatic rings. The van der Waals surface area contributed by atoms with Crippen LogP contribution >= 0.6 is 0 Å². The van der Waals surface area contributed by atoms with Gasteiger partial charge in [-0.15, -0.1) is 0 Å². The molecule has 0 unspecified atom stereocenters. The number of rotatable bonds is 1. The van der Waals surface area contributed by atoms with Crippen molar-refractivity contribution in [3.05, 3.63) is 11.3 Å². The van der Waals surface area contributed by atoms with Gasteiger partial charge in [0.15, 0.2) is 0 Å². The first kappa shape index (κ1) is 10.0. The van der Waals surface area contributed by atoms with E-state index in [9.17, 15) is 0 Å². The van der Waals surface area contributed by atoms with Crippen LogP contribution in [0.1, 0.15) is 38.5 Å². The van der Waals surface area contributed by atoms with E-state index in [-0.39, 0.29) is 0 Å². The molecule has 0 atom stereocenters. The standard InChI is InChI=1S/C11H22Si/c1-12(2,3)10-11-8-6-4-5-7-9-11/h10H,4-9H2,1-3H3. The zero-order valence-corrected chi connectivity index (χ0v) is 9.82. The van der Waals surface area contributed by atoms with E-state index in [4.69, 9.17) is 0 Å². The third kappa shape index (κ3) is 4.10. The van der Waals surface area contributed by atoms with E-state index in [1.165, 1.54) is 38.5 Å². The fraction of sp³-hybridized carbons (Fsp3) is 0.818. The Morgan fingerprint density at radius 1 is 0.917 bits per heavy atom. The second kappa shape index (κ2) is 4.27. The molecular formula is C11H22Si. The fourth-order valence-electron chi connectivity index (χ4n) is 1.94. The molecular weight excluding hydrogens is 160 g/mol. The highest BCUT2D eigenvalue weighted by molar-refractivity contribution is 6.81. The summed E-state index contributed by atoms with van der Waals surface area (Å²) >= 11 is 0. The first-order chi connectivity index (χ1) is 5.58. The van der Waals surface area contributed by atoms with Gasteiger partial charge in [0.2, 0.25) is 0 Å². The largest absolute Gasteiger partial charge is 0.0958 e. The maximum Gasteiger partial charge on any atom is 0.0686 e. The van der Waals surface area contributed by atoms with Crippen molar-refractivity contribution in [2.45, 2.75) is 58.2 Å². The van der Waals surface area contributed by atoms with Crippen molar-refractivity contribution in [2.24, 2.45) is 0 Å². The molecule has 0 nitrogen and oxygen atoms in total. The predicted molar refractivity (Wildman–Crippen MR) is 59.1 cm³/mol. The molecule has 0 amide bonds. The number of hydrogen-bond acceptors (Lipinski definition) is 0. The smallest absolute Gasteiger partial charge is 0.0686 e. The first-order valence-electron chi connectivity index (χ1n) is 5.28. The second-order valence-corrected chi connectivity index (χ2v) is 10.1. The summed E-state index contributed by atoms with van der Waals surface area (Å²) in [6.07, 6.45) is 8.59. The van der Waals surface area contributed by atoms with Crippen LogP contribution in [0.5, 0.6) is 0 Å². The fourth-order valence-corrected chi connectivity index (χ4v) is 3.45. The topological polar surface area (TPSA) is 0 Å². The molecule has 0 aliphatic heterocycles. The van der Waals surface area contributed by atoms with Crippen molar-refractivity contribution in [1.82, 2.24) is 0 Å². The summed E-state index contributed by atoms with van der Waals surface area (Å²) < 4.78 is 0. The van der Waals surface area contributed by atoms with Gasteiger partial charge in [0.1, 0.15) is 0 Å². The average Bonchev–Trinajstić information content (AvgIpc) is 2.12. The molecule has 0 aromatic carbocycles. The zero-order valence-electron chi connectivity index (χ0n) is 8.82. The maximum atomic E-state index is 2.62. The molecule has 1 heteroatoms. The first-order valence-corrected chi connectivity index (χ1v) is 8.86. The molecule has 70 valence electrons. The van der Waals surface area contributed by atoms with Gasteiger partial charge < -0.3 is 0 Å². The Kier molecular flexibility index (Phi) is 3.57. The van der Waals surface area contributed by atoms with Crippen molar-refractivity contribution < 1.29 is 0 Å². The Bertz CT molecular complexity index is 152. The van der Waals surface area contributed by atoms with Crippen LogP contribution in [0.15, 0.2) is 11.3 Å². The number of hydrogen-bond donors (Lipinski definition) is 0. The summed E-state index contributed by atoms with van der Waals surface area (Å²) in [6.45, 7) is 7.31. The van der Waals surface area contributed by atoms with E-state index < -0.39 is 8.07 Å². The lowest BCUT2D eigenvalue weighted by Crippen LogP contribution is -2.16. The van der Waals surface area contributed by atoms with Gasteiger partial charge in [0.05, 0.1) is 8.07 Å². The van der Waals surface area contributed by atoms with E-state index in [1.54, 1.807) is 5.57 Å². The van der Waals surface area contributed by atoms with Crippen LogP contribution in [0, 0.1) is 0 Å². The summed E-state index contributed by atoms with van der Waals surface area (Å²) in [6, 6.07) is 0. The van der Waals surface area contributed by atoms with Crippen LogP contribution in [0.4, 0.5) is 0 Å². The Hall–Kier alpha value is -0.0431. The Labute approximate surface area is 78.1 Å². The van der Waals surface area contributed by atoms with Gasteiger partial charge in [-0.05, 0) is 25.7 Å². The molecule has 0 N–H and O–H groups in total. The molecule has 1 aliphatic rings. The number of allylic oxidation sites excluding steroid dienone is 1. The SMILES string of the molecule is C[Si](C)(C)C=C1CCCCCC1. The molecule has 1 aliphatic carbocycles. The van der Waals surface area contributed by atoms with Crippen molar-refractivity contribution >= 4 is 8.07 Å². The Balaban J connectivity index is 2.53. The highest BCUT2D eigenvalue weighted by atomic mass is 28.3.